The number of ether oxygens (including phenoxy) is 1. The molecule has 0 aromatic heterocycles. The molecule has 1 saturated carbocycles. The van der Waals surface area contributed by atoms with Crippen LogP contribution in [0.25, 0.3) is 0 Å². The highest BCUT2D eigenvalue weighted by molar-refractivity contribution is 5.30. The lowest BCUT2D eigenvalue weighted by atomic mass is 10.1. The molecule has 16 heavy (non-hydrogen) atoms. The van der Waals surface area contributed by atoms with Gasteiger partial charge in [-0.05, 0) is 50.3 Å². The molecule has 88 valence electrons. The molecule has 2 rings (SSSR count). The highest BCUT2D eigenvalue weighted by atomic mass is 16.5. The number of nitrogens with one attached hydrogen (secondary N) is 1. The average Bonchev–Trinajstić information content (AvgIpc) is 3.13. The molecular weight excluding hydrogens is 198 g/mol. The number of benzene rings is 1. The van der Waals surface area contributed by atoms with Gasteiger partial charge in [0.15, 0.2) is 0 Å². The first-order valence-corrected chi connectivity index (χ1v) is 6.10. The normalized spacial score (nSPS) is 19.2. The molecule has 1 aromatic rings. The molecule has 2 nitrogen and oxygen atoms in total. The Morgan fingerprint density at radius 2 is 2.06 bits per heavy atom. The predicted octanol–water partition coefficient (Wildman–Crippen LogP) is 3.14. The summed E-state index contributed by atoms with van der Waals surface area (Å²) in [5.41, 5.74) is 1.30. The zero-order chi connectivity index (χ0) is 11.5. The predicted molar refractivity (Wildman–Crippen MR) is 66.7 cm³/mol. The van der Waals surface area contributed by atoms with Crippen LogP contribution < -0.4 is 10.1 Å². The minimum Gasteiger partial charge on any atom is -0.497 e. The quantitative estimate of drug-likeness (QED) is 0.821. The van der Waals surface area contributed by atoms with Gasteiger partial charge in [0, 0.05) is 12.1 Å². The monoisotopic (exact) mass is 219 g/mol. The molecule has 0 aliphatic heterocycles. The summed E-state index contributed by atoms with van der Waals surface area (Å²) in [4.78, 5) is 0. The highest BCUT2D eigenvalue weighted by Crippen LogP contribution is 2.33. The minimum absolute atomic E-state index is 0.394. The summed E-state index contributed by atoms with van der Waals surface area (Å²) in [6, 6.07) is 9.32. The van der Waals surface area contributed by atoms with Gasteiger partial charge in [0.25, 0.3) is 0 Å². The second kappa shape index (κ2) is 4.88. The number of rotatable bonds is 5. The molecule has 1 fully saturated rings. The van der Waals surface area contributed by atoms with E-state index in [0.29, 0.717) is 12.1 Å². The summed E-state index contributed by atoms with van der Waals surface area (Å²) in [7, 11) is 1.71. The molecule has 1 aliphatic rings. The summed E-state index contributed by atoms with van der Waals surface area (Å²) in [5.74, 6) is 1.83. The van der Waals surface area contributed by atoms with Crippen molar-refractivity contribution in [3.8, 4) is 5.75 Å². The van der Waals surface area contributed by atoms with Crippen LogP contribution >= 0.6 is 0 Å². The Labute approximate surface area is 98.0 Å². The zero-order valence-electron chi connectivity index (χ0n) is 10.4. The number of methoxy groups -OCH3 is 1. The molecule has 1 aromatic carbocycles. The summed E-state index contributed by atoms with van der Waals surface area (Å²) in [6.07, 6.45) is 2.78. The molecule has 0 radical (unpaired) electrons. The van der Waals surface area contributed by atoms with E-state index in [1.165, 1.54) is 18.4 Å². The van der Waals surface area contributed by atoms with Gasteiger partial charge < -0.3 is 10.1 Å². The van der Waals surface area contributed by atoms with E-state index in [4.69, 9.17) is 4.74 Å². The maximum absolute atomic E-state index is 5.24. The van der Waals surface area contributed by atoms with E-state index in [2.05, 4.69) is 31.3 Å². The van der Waals surface area contributed by atoms with E-state index >= 15 is 0 Å². The van der Waals surface area contributed by atoms with Gasteiger partial charge >= 0.3 is 0 Å². The maximum Gasteiger partial charge on any atom is 0.119 e. The van der Waals surface area contributed by atoms with Crippen LogP contribution in [-0.4, -0.2) is 13.2 Å². The highest BCUT2D eigenvalue weighted by Gasteiger charge is 2.28. The molecule has 0 spiro atoms. The zero-order valence-corrected chi connectivity index (χ0v) is 10.4. The van der Waals surface area contributed by atoms with E-state index in [0.717, 1.165) is 11.7 Å². The lowest BCUT2D eigenvalue weighted by molar-refractivity contribution is 0.410. The van der Waals surface area contributed by atoms with E-state index in [9.17, 15) is 0 Å². The van der Waals surface area contributed by atoms with Crippen molar-refractivity contribution in [2.75, 3.05) is 7.11 Å². The number of hydrogen-bond acceptors (Lipinski definition) is 2. The van der Waals surface area contributed by atoms with Crippen molar-refractivity contribution >= 4 is 0 Å². The first-order chi connectivity index (χ1) is 7.70. The Hall–Kier alpha value is -1.02. The van der Waals surface area contributed by atoms with Crippen molar-refractivity contribution in [3.63, 3.8) is 0 Å². The van der Waals surface area contributed by atoms with Crippen molar-refractivity contribution in [1.82, 2.24) is 5.32 Å². The van der Waals surface area contributed by atoms with Crippen LogP contribution in [0.5, 0.6) is 5.75 Å². The first kappa shape index (κ1) is 11.5. The molecular formula is C14H21NO. The molecule has 2 atom stereocenters. The van der Waals surface area contributed by atoms with Crippen molar-refractivity contribution in [3.05, 3.63) is 29.8 Å². The fraction of sp³-hybridized carbons (Fsp3) is 0.571. The molecule has 0 amide bonds. The van der Waals surface area contributed by atoms with Crippen LogP contribution in [0.15, 0.2) is 24.3 Å². The third kappa shape index (κ3) is 2.76. The molecule has 1 aliphatic carbocycles. The van der Waals surface area contributed by atoms with Crippen molar-refractivity contribution in [1.29, 1.82) is 0 Å². The maximum atomic E-state index is 5.24. The van der Waals surface area contributed by atoms with Crippen LogP contribution in [0, 0.1) is 5.92 Å². The molecule has 1 N–H and O–H groups in total. The lowest BCUT2D eigenvalue weighted by Gasteiger charge is -2.20. The third-order valence-corrected chi connectivity index (χ3v) is 3.44. The Balaban J connectivity index is 1.98. The van der Waals surface area contributed by atoms with Gasteiger partial charge in [-0.15, -0.1) is 0 Å². The van der Waals surface area contributed by atoms with Crippen LogP contribution in [0.4, 0.5) is 0 Å². The smallest absolute Gasteiger partial charge is 0.119 e. The van der Waals surface area contributed by atoms with Gasteiger partial charge in [-0.25, -0.2) is 0 Å². The van der Waals surface area contributed by atoms with Crippen molar-refractivity contribution in [2.24, 2.45) is 5.92 Å². The SMILES string of the molecule is COc1cccc(C(C)NC(C)C2CC2)c1. The first-order valence-electron chi connectivity index (χ1n) is 6.10. The number of hydrogen-bond donors (Lipinski definition) is 1. The Kier molecular flexibility index (Phi) is 3.49. The molecule has 2 heteroatoms. The Morgan fingerprint density at radius 3 is 2.69 bits per heavy atom. The van der Waals surface area contributed by atoms with E-state index < -0.39 is 0 Å². The summed E-state index contributed by atoms with van der Waals surface area (Å²) in [5, 5.41) is 3.65. The lowest BCUT2D eigenvalue weighted by Crippen LogP contribution is -2.30. The fourth-order valence-corrected chi connectivity index (χ4v) is 2.13. The van der Waals surface area contributed by atoms with Gasteiger partial charge in [-0.1, -0.05) is 12.1 Å². The van der Waals surface area contributed by atoms with Crippen LogP contribution in [0.2, 0.25) is 0 Å². The minimum atomic E-state index is 0.394. The molecule has 0 saturated heterocycles. The van der Waals surface area contributed by atoms with E-state index in [1.54, 1.807) is 7.11 Å². The third-order valence-electron chi connectivity index (χ3n) is 3.44. The summed E-state index contributed by atoms with van der Waals surface area (Å²) in [6.45, 7) is 4.50. The van der Waals surface area contributed by atoms with Crippen molar-refractivity contribution in [2.45, 2.75) is 38.8 Å². The van der Waals surface area contributed by atoms with E-state index in [1.807, 2.05) is 12.1 Å². The second-order valence-electron chi connectivity index (χ2n) is 4.79. The van der Waals surface area contributed by atoms with Crippen LogP contribution in [0.3, 0.4) is 0 Å². The largest absolute Gasteiger partial charge is 0.497 e. The Morgan fingerprint density at radius 1 is 1.31 bits per heavy atom. The van der Waals surface area contributed by atoms with Gasteiger partial charge in [0.2, 0.25) is 0 Å². The fourth-order valence-electron chi connectivity index (χ4n) is 2.13. The van der Waals surface area contributed by atoms with Gasteiger partial charge in [0.1, 0.15) is 5.75 Å². The van der Waals surface area contributed by atoms with Gasteiger partial charge in [-0.3, -0.25) is 0 Å². The van der Waals surface area contributed by atoms with Crippen LogP contribution in [0.1, 0.15) is 38.3 Å². The van der Waals surface area contributed by atoms with Gasteiger partial charge in [-0.2, -0.15) is 0 Å². The topological polar surface area (TPSA) is 21.3 Å². The molecule has 0 heterocycles. The molecule has 2 unspecified atom stereocenters. The summed E-state index contributed by atoms with van der Waals surface area (Å²) < 4.78 is 5.24. The summed E-state index contributed by atoms with van der Waals surface area (Å²) >= 11 is 0. The van der Waals surface area contributed by atoms with E-state index in [-0.39, 0.29) is 0 Å². The Bertz CT molecular complexity index is 346. The molecule has 0 bridgehead atoms. The average molecular weight is 219 g/mol. The standard InChI is InChI=1S/C14H21NO/c1-10(12-7-8-12)15-11(2)13-5-4-6-14(9-13)16-3/h4-6,9-12,15H,7-8H2,1-3H3. The van der Waals surface area contributed by atoms with Gasteiger partial charge in [0.05, 0.1) is 7.11 Å². The second-order valence-corrected chi connectivity index (χ2v) is 4.79. The van der Waals surface area contributed by atoms with Crippen molar-refractivity contribution < 1.29 is 4.74 Å². The van der Waals surface area contributed by atoms with Crippen LogP contribution in [-0.2, 0) is 0 Å².